The van der Waals surface area contributed by atoms with Crippen molar-refractivity contribution in [2.24, 2.45) is 0 Å². The smallest absolute Gasteiger partial charge is 0.276 e. The molecule has 1 heterocycles. The van der Waals surface area contributed by atoms with Gasteiger partial charge in [-0.2, -0.15) is 0 Å². The standard InChI is InChI=1S/C26H22F2N4O3/c1-14-23(26(34)31-17-7-4-6-16(12-17)25(33)29-2)32-24(30-14)15-10-11-21(35-3)18(13-15)22-19(27)8-5-9-20(22)28/h4-13H,1-3H3,(H,29,33)(H,30,32)(H,31,34). The number of halogens is 2. The van der Waals surface area contributed by atoms with Gasteiger partial charge in [-0.05, 0) is 55.5 Å². The third-order valence-electron chi connectivity index (χ3n) is 5.41. The van der Waals surface area contributed by atoms with E-state index in [-0.39, 0.29) is 28.5 Å². The average molecular weight is 476 g/mol. The van der Waals surface area contributed by atoms with Crippen LogP contribution >= 0.6 is 0 Å². The number of aromatic amines is 1. The number of carbonyl (C=O) groups excluding carboxylic acids is 2. The second kappa shape index (κ2) is 9.76. The highest BCUT2D eigenvalue weighted by Gasteiger charge is 2.20. The molecule has 178 valence electrons. The molecule has 0 saturated carbocycles. The van der Waals surface area contributed by atoms with Crippen LogP contribution in [0.25, 0.3) is 22.5 Å². The lowest BCUT2D eigenvalue weighted by Crippen LogP contribution is -2.18. The zero-order valence-corrected chi connectivity index (χ0v) is 19.2. The molecule has 7 nitrogen and oxygen atoms in total. The predicted molar refractivity (Wildman–Crippen MR) is 128 cm³/mol. The molecule has 0 unspecified atom stereocenters. The van der Waals surface area contributed by atoms with Crippen LogP contribution in [0.5, 0.6) is 5.75 Å². The van der Waals surface area contributed by atoms with E-state index in [1.165, 1.54) is 32.4 Å². The summed E-state index contributed by atoms with van der Waals surface area (Å²) in [6, 6.07) is 14.9. The zero-order chi connectivity index (χ0) is 25.1. The number of benzene rings is 3. The second-order valence-electron chi connectivity index (χ2n) is 7.68. The molecule has 2 amide bonds. The fourth-order valence-electron chi connectivity index (χ4n) is 3.70. The van der Waals surface area contributed by atoms with Crippen LogP contribution < -0.4 is 15.4 Å². The average Bonchev–Trinajstić information content (AvgIpc) is 3.25. The van der Waals surface area contributed by atoms with Gasteiger partial charge in [-0.25, -0.2) is 13.8 Å². The Labute approximate surface area is 200 Å². The number of rotatable bonds is 6. The molecular formula is C26H22F2N4O3. The van der Waals surface area contributed by atoms with E-state index < -0.39 is 17.5 Å². The summed E-state index contributed by atoms with van der Waals surface area (Å²) in [7, 11) is 2.93. The summed E-state index contributed by atoms with van der Waals surface area (Å²) in [5.74, 6) is -1.58. The van der Waals surface area contributed by atoms with Crippen molar-refractivity contribution in [1.29, 1.82) is 0 Å². The van der Waals surface area contributed by atoms with Gasteiger partial charge in [-0.1, -0.05) is 12.1 Å². The third-order valence-corrected chi connectivity index (χ3v) is 5.41. The van der Waals surface area contributed by atoms with Crippen LogP contribution in [0.4, 0.5) is 14.5 Å². The first-order chi connectivity index (χ1) is 16.8. The molecule has 0 saturated heterocycles. The molecule has 0 bridgehead atoms. The summed E-state index contributed by atoms with van der Waals surface area (Å²) in [6.07, 6.45) is 0. The Kier molecular flexibility index (Phi) is 6.59. The van der Waals surface area contributed by atoms with Gasteiger partial charge in [-0.3, -0.25) is 9.59 Å². The normalized spacial score (nSPS) is 10.7. The second-order valence-corrected chi connectivity index (χ2v) is 7.68. The molecule has 3 N–H and O–H groups in total. The Morgan fingerprint density at radius 3 is 2.37 bits per heavy atom. The molecule has 35 heavy (non-hydrogen) atoms. The first kappa shape index (κ1) is 23.6. The van der Waals surface area contributed by atoms with Crippen LogP contribution in [-0.2, 0) is 0 Å². The van der Waals surface area contributed by atoms with Crippen LogP contribution in [0.1, 0.15) is 26.5 Å². The third kappa shape index (κ3) is 4.74. The van der Waals surface area contributed by atoms with E-state index in [1.54, 1.807) is 49.4 Å². The van der Waals surface area contributed by atoms with Crippen LogP contribution in [0.15, 0.2) is 60.7 Å². The Morgan fingerprint density at radius 2 is 1.69 bits per heavy atom. The van der Waals surface area contributed by atoms with Crippen molar-refractivity contribution in [1.82, 2.24) is 15.3 Å². The number of imidazole rings is 1. The molecule has 0 spiro atoms. The molecule has 0 aliphatic rings. The Hall–Kier alpha value is -4.53. The molecule has 3 aromatic carbocycles. The van der Waals surface area contributed by atoms with Crippen LogP contribution in [0.2, 0.25) is 0 Å². The Bertz CT molecular complexity index is 1410. The fourth-order valence-corrected chi connectivity index (χ4v) is 3.70. The number of anilines is 1. The van der Waals surface area contributed by atoms with Crippen molar-refractivity contribution in [2.45, 2.75) is 6.92 Å². The maximum Gasteiger partial charge on any atom is 0.276 e. The molecule has 0 aliphatic carbocycles. The minimum atomic E-state index is -0.727. The lowest BCUT2D eigenvalue weighted by molar-refractivity contribution is 0.0961. The fraction of sp³-hybridized carbons (Fsp3) is 0.115. The van der Waals surface area contributed by atoms with Crippen LogP contribution in [0.3, 0.4) is 0 Å². The lowest BCUT2D eigenvalue weighted by Gasteiger charge is -2.12. The van der Waals surface area contributed by atoms with Gasteiger partial charge >= 0.3 is 0 Å². The molecule has 1 aromatic heterocycles. The Balaban J connectivity index is 1.67. The van der Waals surface area contributed by atoms with Crippen molar-refractivity contribution in [2.75, 3.05) is 19.5 Å². The van der Waals surface area contributed by atoms with E-state index in [9.17, 15) is 18.4 Å². The summed E-state index contributed by atoms with van der Waals surface area (Å²) in [6.45, 7) is 1.69. The highest BCUT2D eigenvalue weighted by atomic mass is 19.1. The van der Waals surface area contributed by atoms with Crippen molar-refractivity contribution in [3.8, 4) is 28.3 Å². The van der Waals surface area contributed by atoms with E-state index in [1.807, 2.05) is 0 Å². The highest BCUT2D eigenvalue weighted by molar-refractivity contribution is 6.05. The van der Waals surface area contributed by atoms with Crippen LogP contribution in [0, 0.1) is 18.6 Å². The minimum absolute atomic E-state index is 0.139. The van der Waals surface area contributed by atoms with Gasteiger partial charge in [0.1, 0.15) is 28.9 Å². The molecule has 0 fully saturated rings. The molecule has 4 rings (SSSR count). The summed E-state index contributed by atoms with van der Waals surface area (Å²) >= 11 is 0. The van der Waals surface area contributed by atoms with Gasteiger partial charge in [0.25, 0.3) is 11.8 Å². The van der Waals surface area contributed by atoms with Crippen molar-refractivity contribution >= 4 is 17.5 Å². The van der Waals surface area contributed by atoms with Crippen LogP contribution in [-0.4, -0.2) is 35.9 Å². The molecular weight excluding hydrogens is 454 g/mol. The lowest BCUT2D eigenvalue weighted by atomic mass is 10.0. The number of nitrogens with one attached hydrogen (secondary N) is 3. The van der Waals surface area contributed by atoms with Crippen molar-refractivity contribution in [3.63, 3.8) is 0 Å². The van der Waals surface area contributed by atoms with E-state index in [0.29, 0.717) is 28.3 Å². The van der Waals surface area contributed by atoms with E-state index in [2.05, 4.69) is 20.6 Å². The number of methoxy groups -OCH3 is 1. The van der Waals surface area contributed by atoms with Gasteiger partial charge in [0.2, 0.25) is 0 Å². The first-order valence-corrected chi connectivity index (χ1v) is 10.6. The summed E-state index contributed by atoms with van der Waals surface area (Å²) in [4.78, 5) is 32.2. The van der Waals surface area contributed by atoms with Crippen molar-refractivity contribution in [3.05, 3.63) is 89.2 Å². The number of amides is 2. The van der Waals surface area contributed by atoms with Gasteiger partial charge < -0.3 is 20.4 Å². The van der Waals surface area contributed by atoms with E-state index in [4.69, 9.17) is 4.74 Å². The molecule has 9 heteroatoms. The van der Waals surface area contributed by atoms with E-state index >= 15 is 0 Å². The SMILES string of the molecule is CNC(=O)c1cccc(NC(=O)c2nc(-c3ccc(OC)c(-c4c(F)cccc4F)c3)[nH]c2C)c1. The summed E-state index contributed by atoms with van der Waals surface area (Å²) in [5.41, 5.74) is 1.97. The van der Waals surface area contributed by atoms with Gasteiger partial charge in [0, 0.05) is 35.1 Å². The number of aromatic nitrogens is 2. The largest absolute Gasteiger partial charge is 0.496 e. The molecule has 4 aromatic rings. The number of H-pyrrole nitrogens is 1. The first-order valence-electron chi connectivity index (χ1n) is 10.6. The Morgan fingerprint density at radius 1 is 0.971 bits per heavy atom. The number of hydrogen-bond donors (Lipinski definition) is 3. The van der Waals surface area contributed by atoms with E-state index in [0.717, 1.165) is 0 Å². The topological polar surface area (TPSA) is 96.1 Å². The zero-order valence-electron chi connectivity index (χ0n) is 19.2. The quantitative estimate of drug-likeness (QED) is 0.367. The molecule has 0 radical (unpaired) electrons. The number of aryl methyl sites for hydroxylation is 1. The predicted octanol–water partition coefficient (Wildman–Crippen LogP) is 4.95. The van der Waals surface area contributed by atoms with Gasteiger partial charge in [0.05, 0.1) is 12.7 Å². The van der Waals surface area contributed by atoms with Crippen molar-refractivity contribution < 1.29 is 23.1 Å². The summed E-state index contributed by atoms with van der Waals surface area (Å²) < 4.78 is 34.3. The molecule has 0 aliphatic heterocycles. The number of carbonyl (C=O) groups is 2. The van der Waals surface area contributed by atoms with Gasteiger partial charge in [-0.15, -0.1) is 0 Å². The monoisotopic (exact) mass is 476 g/mol. The minimum Gasteiger partial charge on any atom is -0.496 e. The maximum atomic E-state index is 14.5. The molecule has 0 atom stereocenters. The number of hydrogen-bond acceptors (Lipinski definition) is 4. The number of ether oxygens (including phenoxy) is 1. The maximum absolute atomic E-state index is 14.5. The summed E-state index contributed by atoms with van der Waals surface area (Å²) in [5, 5.41) is 5.26. The van der Waals surface area contributed by atoms with Gasteiger partial charge in [0.15, 0.2) is 0 Å². The number of nitrogens with zero attached hydrogens (tertiary/aromatic N) is 1. The highest BCUT2D eigenvalue weighted by Crippen LogP contribution is 2.36.